The summed E-state index contributed by atoms with van der Waals surface area (Å²) in [6.07, 6.45) is -0.640. The Morgan fingerprint density at radius 3 is 2.63 bits per heavy atom. The molecule has 1 aliphatic carbocycles. The van der Waals surface area contributed by atoms with Crippen LogP contribution in [0, 0.1) is 12.8 Å². The van der Waals surface area contributed by atoms with Gasteiger partial charge in [0, 0.05) is 6.07 Å². The number of rotatable bonds is 3. The Labute approximate surface area is 172 Å². The number of aryl methyl sites for hydroxylation is 1. The molecule has 1 aromatic heterocycles. The molecule has 7 nitrogen and oxygen atoms in total. The van der Waals surface area contributed by atoms with E-state index >= 15 is 0 Å². The van der Waals surface area contributed by atoms with Crippen LogP contribution in [0.25, 0.3) is 0 Å². The van der Waals surface area contributed by atoms with E-state index in [4.69, 9.17) is 14.0 Å². The predicted octanol–water partition coefficient (Wildman–Crippen LogP) is 3.44. The van der Waals surface area contributed by atoms with Crippen molar-refractivity contribution in [3.05, 3.63) is 53.0 Å². The molecule has 30 heavy (non-hydrogen) atoms. The lowest BCUT2D eigenvalue weighted by molar-refractivity contribution is -0.133. The highest BCUT2D eigenvalue weighted by Gasteiger charge is 2.53. The second kappa shape index (κ2) is 6.97. The van der Waals surface area contributed by atoms with Gasteiger partial charge in [0.25, 0.3) is 5.91 Å². The molecule has 0 saturated heterocycles. The van der Waals surface area contributed by atoms with E-state index in [1.165, 1.54) is 4.90 Å². The van der Waals surface area contributed by atoms with Crippen LogP contribution in [0.4, 0.5) is 10.2 Å². The molecule has 5 rings (SSSR count). The number of amides is 1. The van der Waals surface area contributed by atoms with Crippen LogP contribution in [-0.4, -0.2) is 36.2 Å². The van der Waals surface area contributed by atoms with Gasteiger partial charge in [-0.05, 0) is 43.9 Å². The Hall–Kier alpha value is -3.16. The molecular formula is C22H21FN2O5. The van der Waals surface area contributed by atoms with E-state index in [1.807, 2.05) is 0 Å². The van der Waals surface area contributed by atoms with Gasteiger partial charge < -0.3 is 14.0 Å². The number of nitrogens with zero attached hydrogens (tertiary/aromatic N) is 2. The topological polar surface area (TPSA) is 81.9 Å². The third-order valence-corrected chi connectivity index (χ3v) is 6.08. The molecule has 0 spiro atoms. The van der Waals surface area contributed by atoms with Crippen molar-refractivity contribution >= 4 is 17.5 Å². The van der Waals surface area contributed by atoms with E-state index in [-0.39, 0.29) is 23.5 Å². The van der Waals surface area contributed by atoms with Gasteiger partial charge in [-0.25, -0.2) is 4.39 Å². The summed E-state index contributed by atoms with van der Waals surface area (Å²) < 4.78 is 30.5. The van der Waals surface area contributed by atoms with Gasteiger partial charge in [-0.15, -0.1) is 0 Å². The highest BCUT2D eigenvalue weighted by atomic mass is 19.1. The molecule has 0 N–H and O–H groups in total. The molecule has 3 aliphatic rings. The van der Waals surface area contributed by atoms with E-state index < -0.39 is 30.1 Å². The summed E-state index contributed by atoms with van der Waals surface area (Å²) in [4.78, 5) is 28.2. The van der Waals surface area contributed by atoms with Gasteiger partial charge in [-0.2, -0.15) is 0 Å². The number of hydrogen-bond acceptors (Lipinski definition) is 6. The van der Waals surface area contributed by atoms with E-state index in [1.54, 1.807) is 44.4 Å². The number of anilines is 1. The normalized spacial score (nSPS) is 28.3. The maximum Gasteiger partial charge on any atom is 0.295 e. The fraction of sp³-hybridized carbons (Fsp3) is 0.409. The van der Waals surface area contributed by atoms with Crippen molar-refractivity contribution in [1.29, 1.82) is 0 Å². The van der Waals surface area contributed by atoms with Gasteiger partial charge in [0.2, 0.25) is 0 Å². The zero-order valence-electron chi connectivity index (χ0n) is 16.6. The summed E-state index contributed by atoms with van der Waals surface area (Å²) in [6.45, 7) is 1.73. The van der Waals surface area contributed by atoms with Crippen LogP contribution >= 0.6 is 0 Å². The maximum atomic E-state index is 14.1. The van der Waals surface area contributed by atoms with Crippen LogP contribution in [0.1, 0.15) is 36.6 Å². The lowest BCUT2D eigenvalue weighted by Gasteiger charge is -2.36. The van der Waals surface area contributed by atoms with Gasteiger partial charge >= 0.3 is 0 Å². The summed E-state index contributed by atoms with van der Waals surface area (Å²) in [5.41, 5.74) is 0.971. The lowest BCUT2D eigenvalue weighted by Crippen LogP contribution is -2.42. The Morgan fingerprint density at radius 2 is 1.97 bits per heavy atom. The third-order valence-electron chi connectivity index (χ3n) is 6.08. The molecule has 3 heterocycles. The average molecular weight is 412 g/mol. The van der Waals surface area contributed by atoms with Crippen molar-refractivity contribution in [3.63, 3.8) is 0 Å². The summed E-state index contributed by atoms with van der Waals surface area (Å²) in [5, 5.41) is 4.00. The molecular weight excluding hydrogens is 391 g/mol. The molecule has 1 fully saturated rings. The first-order valence-electron chi connectivity index (χ1n) is 9.98. The summed E-state index contributed by atoms with van der Waals surface area (Å²) in [7, 11) is 1.56. The first-order valence-corrected chi connectivity index (χ1v) is 9.98. The highest BCUT2D eigenvalue weighted by Crippen LogP contribution is 2.48. The van der Waals surface area contributed by atoms with Crippen LogP contribution < -0.4 is 9.64 Å². The van der Waals surface area contributed by atoms with Gasteiger partial charge in [0.15, 0.2) is 17.4 Å². The van der Waals surface area contributed by atoms with Gasteiger partial charge in [0.1, 0.15) is 23.8 Å². The van der Waals surface area contributed by atoms with Crippen molar-refractivity contribution in [2.24, 2.45) is 5.92 Å². The number of Topliss-reactive ketones (excluding diaryl/α,β-unsaturated/α-hetero) is 1. The van der Waals surface area contributed by atoms with Crippen molar-refractivity contribution < 1.29 is 28.0 Å². The minimum absolute atomic E-state index is 0.0417. The van der Waals surface area contributed by atoms with E-state index in [2.05, 4.69) is 5.16 Å². The van der Waals surface area contributed by atoms with Crippen LogP contribution in [-0.2, 0) is 14.3 Å². The Balaban J connectivity index is 1.63. The molecule has 2 aliphatic heterocycles. The zero-order valence-corrected chi connectivity index (χ0v) is 16.6. The minimum Gasteiger partial charge on any atom is -0.497 e. The Morgan fingerprint density at radius 1 is 1.20 bits per heavy atom. The molecule has 4 unspecified atom stereocenters. The highest BCUT2D eigenvalue weighted by molar-refractivity contribution is 6.17. The fourth-order valence-corrected chi connectivity index (χ4v) is 4.62. The quantitative estimate of drug-likeness (QED) is 0.768. The number of hydrogen-bond donors (Lipinski definition) is 0. The number of alkyl halides is 1. The molecule has 156 valence electrons. The van der Waals surface area contributed by atoms with Gasteiger partial charge in [-0.3, -0.25) is 14.5 Å². The van der Waals surface area contributed by atoms with E-state index in [0.717, 1.165) is 0 Å². The molecule has 1 amide bonds. The lowest BCUT2D eigenvalue weighted by atomic mass is 9.77. The standard InChI is InChI=1S/C22H21FN2O5/c1-11-9-17(24-30-11)25-19(12-3-6-14(28-2)7-4-12)18-20(26)15-10-13(23)5-8-16(15)29-21(18)22(25)27/h3-4,6-7,9,13,15-16,19H,5,8,10H2,1-2H3. The molecule has 1 aromatic carbocycles. The summed E-state index contributed by atoms with van der Waals surface area (Å²) in [5.74, 6) is 0.293. The maximum absolute atomic E-state index is 14.1. The molecule has 2 aromatic rings. The van der Waals surface area contributed by atoms with Gasteiger partial charge in [-0.1, -0.05) is 17.3 Å². The van der Waals surface area contributed by atoms with Crippen LogP contribution in [0.2, 0.25) is 0 Å². The Kier molecular flexibility index (Phi) is 4.38. The number of halogens is 1. The number of carbonyl (C=O) groups excluding carboxylic acids is 2. The van der Waals surface area contributed by atoms with Crippen LogP contribution in [0.15, 0.2) is 46.2 Å². The number of carbonyl (C=O) groups is 2. The fourth-order valence-electron chi connectivity index (χ4n) is 4.62. The molecule has 0 radical (unpaired) electrons. The monoisotopic (exact) mass is 412 g/mol. The molecule has 8 heteroatoms. The van der Waals surface area contributed by atoms with Gasteiger partial charge in [0.05, 0.1) is 24.6 Å². The van der Waals surface area contributed by atoms with Crippen molar-refractivity contribution in [3.8, 4) is 5.75 Å². The predicted molar refractivity (Wildman–Crippen MR) is 104 cm³/mol. The number of aromatic nitrogens is 1. The van der Waals surface area contributed by atoms with E-state index in [0.29, 0.717) is 35.7 Å². The number of methoxy groups -OCH3 is 1. The largest absolute Gasteiger partial charge is 0.497 e. The third kappa shape index (κ3) is 2.81. The number of ketones is 1. The number of benzene rings is 1. The number of fused-ring (bicyclic) bond motifs is 1. The van der Waals surface area contributed by atoms with E-state index in [9.17, 15) is 14.0 Å². The number of ether oxygens (including phenoxy) is 2. The Bertz CT molecular complexity index is 1040. The van der Waals surface area contributed by atoms with Crippen molar-refractivity contribution in [1.82, 2.24) is 5.16 Å². The average Bonchev–Trinajstić information content (AvgIpc) is 3.30. The summed E-state index contributed by atoms with van der Waals surface area (Å²) in [6, 6.07) is 8.04. The van der Waals surface area contributed by atoms with Crippen molar-refractivity contribution in [2.45, 2.75) is 44.5 Å². The smallest absolute Gasteiger partial charge is 0.295 e. The second-order valence-corrected chi connectivity index (χ2v) is 7.93. The second-order valence-electron chi connectivity index (χ2n) is 7.93. The van der Waals surface area contributed by atoms with Crippen LogP contribution in [0.5, 0.6) is 5.75 Å². The van der Waals surface area contributed by atoms with Crippen molar-refractivity contribution in [2.75, 3.05) is 12.0 Å². The summed E-state index contributed by atoms with van der Waals surface area (Å²) >= 11 is 0. The van der Waals surface area contributed by atoms with Crippen LogP contribution in [0.3, 0.4) is 0 Å². The molecule has 1 saturated carbocycles. The first kappa shape index (κ1) is 18.8. The zero-order chi connectivity index (χ0) is 21.0. The SMILES string of the molecule is COc1ccc(C2C3=C(OC4CCC(F)CC4C3=O)C(=O)N2c2cc(C)on2)cc1. The molecule has 4 atom stereocenters. The molecule has 0 bridgehead atoms. The first-order chi connectivity index (χ1) is 14.5. The minimum atomic E-state index is -1.04.